The van der Waals surface area contributed by atoms with E-state index in [1.54, 1.807) is 12.1 Å². The van der Waals surface area contributed by atoms with Crippen molar-refractivity contribution in [1.82, 2.24) is 0 Å². The number of fused-ring (bicyclic) bond motifs is 3. The molecule has 22 heavy (non-hydrogen) atoms. The van der Waals surface area contributed by atoms with Gasteiger partial charge in [0.25, 0.3) is 0 Å². The summed E-state index contributed by atoms with van der Waals surface area (Å²) in [5.41, 5.74) is 0.156. The number of carbonyl (C=O) groups is 1. The minimum atomic E-state index is -1.21. The number of phenols is 1. The number of benzene rings is 2. The third-order valence-corrected chi connectivity index (χ3v) is 3.71. The van der Waals surface area contributed by atoms with Crippen molar-refractivity contribution in [3.63, 3.8) is 0 Å². The lowest BCUT2D eigenvalue weighted by Crippen LogP contribution is -2.27. The van der Waals surface area contributed by atoms with E-state index in [1.807, 2.05) is 26.0 Å². The fourth-order valence-corrected chi connectivity index (χ4v) is 2.66. The molecule has 5 nitrogen and oxygen atoms in total. The Morgan fingerprint density at radius 2 is 2.05 bits per heavy atom. The van der Waals surface area contributed by atoms with Crippen LogP contribution in [0.15, 0.2) is 24.3 Å². The van der Waals surface area contributed by atoms with Crippen LogP contribution in [0.5, 0.6) is 17.2 Å². The van der Waals surface area contributed by atoms with Crippen molar-refractivity contribution in [2.24, 2.45) is 0 Å². The van der Waals surface area contributed by atoms with Crippen LogP contribution in [0.3, 0.4) is 0 Å². The first-order valence-corrected chi connectivity index (χ1v) is 6.82. The highest BCUT2D eigenvalue weighted by molar-refractivity contribution is 6.07. The molecule has 0 spiro atoms. The Bertz CT molecular complexity index is 818. The Morgan fingerprint density at radius 3 is 2.68 bits per heavy atom. The summed E-state index contributed by atoms with van der Waals surface area (Å²) < 4.78 is 11.2. The Hall–Kier alpha value is -2.69. The molecule has 5 heteroatoms. The summed E-state index contributed by atoms with van der Waals surface area (Å²) >= 11 is 0. The molecule has 3 rings (SSSR count). The maximum Gasteiger partial charge on any atom is 0.339 e. The molecule has 0 radical (unpaired) electrons. The monoisotopic (exact) mass is 300 g/mol. The van der Waals surface area contributed by atoms with Gasteiger partial charge < -0.3 is 19.7 Å². The Kier molecular flexibility index (Phi) is 3.02. The Balaban J connectivity index is 2.39. The summed E-state index contributed by atoms with van der Waals surface area (Å²) in [5, 5.41) is 20.5. The van der Waals surface area contributed by atoms with Gasteiger partial charge in [-0.15, -0.1) is 0 Å². The van der Waals surface area contributed by atoms with Crippen LogP contribution in [0.25, 0.3) is 16.8 Å². The number of hydrogen-bond donors (Lipinski definition) is 2. The molecule has 0 amide bonds. The van der Waals surface area contributed by atoms with Crippen LogP contribution in [0.2, 0.25) is 0 Å². The molecule has 1 heterocycles. The molecule has 114 valence electrons. The van der Waals surface area contributed by atoms with Crippen LogP contribution in [-0.4, -0.2) is 28.9 Å². The van der Waals surface area contributed by atoms with Crippen molar-refractivity contribution >= 4 is 22.8 Å². The van der Waals surface area contributed by atoms with Gasteiger partial charge in [0.05, 0.1) is 7.11 Å². The summed E-state index contributed by atoms with van der Waals surface area (Å²) in [4.78, 5) is 11.3. The lowest BCUT2D eigenvalue weighted by molar-refractivity contribution is 0.0693. The second-order valence-corrected chi connectivity index (χ2v) is 5.72. The third-order valence-electron chi connectivity index (χ3n) is 3.71. The van der Waals surface area contributed by atoms with E-state index in [0.717, 1.165) is 5.56 Å². The topological polar surface area (TPSA) is 76.0 Å². The normalized spacial score (nSPS) is 15.2. The van der Waals surface area contributed by atoms with E-state index in [-0.39, 0.29) is 11.3 Å². The summed E-state index contributed by atoms with van der Waals surface area (Å²) in [5.74, 6) is -0.427. The van der Waals surface area contributed by atoms with Gasteiger partial charge in [-0.05, 0) is 38.1 Å². The van der Waals surface area contributed by atoms with Gasteiger partial charge in [-0.25, -0.2) is 4.79 Å². The molecule has 0 fully saturated rings. The summed E-state index contributed by atoms with van der Waals surface area (Å²) in [6, 6.07) is 4.70. The van der Waals surface area contributed by atoms with Crippen molar-refractivity contribution in [3.8, 4) is 17.2 Å². The van der Waals surface area contributed by atoms with E-state index < -0.39 is 11.6 Å². The predicted molar refractivity (Wildman–Crippen MR) is 82.9 cm³/mol. The van der Waals surface area contributed by atoms with Crippen molar-refractivity contribution < 1.29 is 24.5 Å². The molecule has 0 aromatic heterocycles. The fraction of sp³-hybridized carbons (Fsp3) is 0.235. The van der Waals surface area contributed by atoms with E-state index in [4.69, 9.17) is 9.47 Å². The molecule has 2 aromatic carbocycles. The number of aromatic hydroxyl groups is 1. The molecule has 0 atom stereocenters. The fourth-order valence-electron chi connectivity index (χ4n) is 2.66. The molecule has 2 aromatic rings. The van der Waals surface area contributed by atoms with E-state index in [2.05, 4.69) is 0 Å². The molecule has 0 bridgehead atoms. The van der Waals surface area contributed by atoms with Crippen LogP contribution >= 0.6 is 0 Å². The SMILES string of the molecule is COc1cc(C(=O)O)c(O)c2ccc3c(c12)C=CC(C)(C)O3. The smallest absolute Gasteiger partial charge is 0.339 e. The number of carboxylic acids is 1. The number of methoxy groups -OCH3 is 1. The first kappa shape index (κ1) is 14.3. The van der Waals surface area contributed by atoms with Crippen LogP contribution in [0.4, 0.5) is 0 Å². The van der Waals surface area contributed by atoms with Gasteiger partial charge in [0.1, 0.15) is 28.4 Å². The van der Waals surface area contributed by atoms with Gasteiger partial charge in [-0.1, -0.05) is 6.08 Å². The molecule has 0 aliphatic carbocycles. The van der Waals surface area contributed by atoms with Crippen molar-refractivity contribution in [2.75, 3.05) is 7.11 Å². The largest absolute Gasteiger partial charge is 0.506 e. The summed E-state index contributed by atoms with van der Waals surface area (Å²) in [6.07, 6.45) is 3.82. The van der Waals surface area contributed by atoms with Crippen LogP contribution in [0, 0.1) is 0 Å². The average molecular weight is 300 g/mol. The van der Waals surface area contributed by atoms with Gasteiger partial charge in [0.2, 0.25) is 0 Å². The van der Waals surface area contributed by atoms with E-state index in [1.165, 1.54) is 13.2 Å². The highest BCUT2D eigenvalue weighted by atomic mass is 16.5. The maximum atomic E-state index is 11.3. The van der Waals surface area contributed by atoms with Gasteiger partial charge in [-0.2, -0.15) is 0 Å². The zero-order chi connectivity index (χ0) is 16.1. The quantitative estimate of drug-likeness (QED) is 0.888. The van der Waals surface area contributed by atoms with Crippen LogP contribution < -0.4 is 9.47 Å². The molecule has 2 N–H and O–H groups in total. The highest BCUT2D eigenvalue weighted by Gasteiger charge is 2.26. The number of carboxylic acid groups (broad SMARTS) is 1. The number of rotatable bonds is 2. The summed E-state index contributed by atoms with van der Waals surface area (Å²) in [6.45, 7) is 3.89. The molecular weight excluding hydrogens is 284 g/mol. The second-order valence-electron chi connectivity index (χ2n) is 5.72. The minimum Gasteiger partial charge on any atom is -0.506 e. The number of hydrogen-bond acceptors (Lipinski definition) is 4. The van der Waals surface area contributed by atoms with Crippen LogP contribution in [0.1, 0.15) is 29.8 Å². The zero-order valence-electron chi connectivity index (χ0n) is 12.5. The van der Waals surface area contributed by atoms with Crippen LogP contribution in [-0.2, 0) is 0 Å². The van der Waals surface area contributed by atoms with Gasteiger partial charge in [0, 0.05) is 16.3 Å². The molecule has 1 aliphatic heterocycles. The lowest BCUT2D eigenvalue weighted by atomic mass is 9.95. The first-order valence-electron chi connectivity index (χ1n) is 6.82. The third kappa shape index (κ3) is 2.06. The molecule has 0 saturated heterocycles. The van der Waals surface area contributed by atoms with E-state index >= 15 is 0 Å². The summed E-state index contributed by atoms with van der Waals surface area (Å²) in [7, 11) is 1.47. The standard InChI is InChI=1S/C17H16O5/c1-17(2)7-6-9-12(22-17)5-4-10-14(9)13(21-3)8-11(15(10)18)16(19)20/h4-8,18H,1-3H3,(H,19,20). The first-order chi connectivity index (χ1) is 10.3. The zero-order valence-corrected chi connectivity index (χ0v) is 12.5. The average Bonchev–Trinajstić information content (AvgIpc) is 2.45. The number of aromatic carboxylic acids is 1. The Morgan fingerprint density at radius 1 is 1.32 bits per heavy atom. The van der Waals surface area contributed by atoms with E-state index in [9.17, 15) is 15.0 Å². The lowest BCUT2D eigenvalue weighted by Gasteiger charge is -2.29. The maximum absolute atomic E-state index is 11.3. The number of ether oxygens (including phenoxy) is 2. The van der Waals surface area contributed by atoms with E-state index in [0.29, 0.717) is 22.3 Å². The van der Waals surface area contributed by atoms with Crippen molar-refractivity contribution in [2.45, 2.75) is 19.4 Å². The Labute approximate surface area is 127 Å². The predicted octanol–water partition coefficient (Wildman–Crippen LogP) is 3.44. The van der Waals surface area contributed by atoms with Gasteiger partial charge in [0.15, 0.2) is 0 Å². The van der Waals surface area contributed by atoms with Gasteiger partial charge >= 0.3 is 5.97 Å². The molecule has 0 saturated carbocycles. The molecular formula is C17H16O5. The minimum absolute atomic E-state index is 0.190. The molecule has 0 unspecified atom stereocenters. The molecule has 1 aliphatic rings. The van der Waals surface area contributed by atoms with Crippen molar-refractivity contribution in [1.29, 1.82) is 0 Å². The van der Waals surface area contributed by atoms with Crippen molar-refractivity contribution in [3.05, 3.63) is 35.4 Å². The second kappa shape index (κ2) is 4.66. The van der Waals surface area contributed by atoms with Gasteiger partial charge in [-0.3, -0.25) is 0 Å². The highest BCUT2D eigenvalue weighted by Crippen LogP contribution is 2.44.